The molecule has 0 unspecified atom stereocenters. The molecule has 1 aromatic heterocycles. The van der Waals surface area contributed by atoms with Crippen molar-refractivity contribution in [2.24, 2.45) is 0 Å². The maximum absolute atomic E-state index is 16.0. The fraction of sp³-hybridized carbons (Fsp3) is 0. The summed E-state index contributed by atoms with van der Waals surface area (Å²) in [5, 5.41) is 3.71. The van der Waals surface area contributed by atoms with E-state index >= 15 is 8.78 Å². The molecule has 0 N–H and O–H groups in total. The number of rotatable bonds is 9. The van der Waals surface area contributed by atoms with Crippen LogP contribution in [-0.2, 0) is 4.57 Å². The van der Waals surface area contributed by atoms with E-state index in [0.717, 1.165) is 27.5 Å². The molecule has 0 radical (unpaired) electrons. The first-order chi connectivity index (χ1) is 31.2. The molecule has 0 aliphatic carbocycles. The average Bonchev–Trinajstić information content (AvgIpc) is 3.35. The zero-order valence-corrected chi connectivity index (χ0v) is 34.7. The molecule has 0 aliphatic heterocycles. The van der Waals surface area contributed by atoms with Crippen LogP contribution in [0, 0.1) is 23.3 Å². The Hall–Kier alpha value is -7.80. The predicted molar refractivity (Wildman–Crippen MR) is 249 cm³/mol. The lowest BCUT2D eigenvalue weighted by molar-refractivity contribution is 0.592. The number of halogens is 4. The zero-order chi connectivity index (χ0) is 43.8. The SMILES string of the molecule is O=P(c1ccccc1)(c1ccccc1)c1ccc(-c2cc(F)c(-c3ccc(-c4ccc(-c5nc(-c6ccc(F)cc6)nc(-c6ccc(F)cc6)n5)c5ccccc45)cc3)cc2F)cc1. The van der Waals surface area contributed by atoms with Crippen LogP contribution in [0.3, 0.4) is 0 Å². The average molecular weight is 860 g/mol. The molecule has 0 saturated carbocycles. The number of benzene rings is 9. The first-order valence-electron chi connectivity index (χ1n) is 20.5. The van der Waals surface area contributed by atoms with Gasteiger partial charge in [-0.2, -0.15) is 0 Å². The normalized spacial score (nSPS) is 11.5. The number of hydrogen-bond acceptors (Lipinski definition) is 4. The van der Waals surface area contributed by atoms with Crippen molar-refractivity contribution in [1.82, 2.24) is 15.0 Å². The quantitative estimate of drug-likeness (QED) is 0.107. The van der Waals surface area contributed by atoms with E-state index in [9.17, 15) is 13.3 Å². The summed E-state index contributed by atoms with van der Waals surface area (Å²) in [5.74, 6) is -0.917. The van der Waals surface area contributed by atoms with Gasteiger partial charge in [0.1, 0.15) is 23.3 Å². The molecule has 4 nitrogen and oxygen atoms in total. The maximum Gasteiger partial charge on any atom is 0.171 e. The molecule has 1 heterocycles. The topological polar surface area (TPSA) is 55.7 Å². The minimum absolute atomic E-state index is 0.0954. The molecule has 0 spiro atoms. The van der Waals surface area contributed by atoms with E-state index in [2.05, 4.69) is 4.98 Å². The lowest BCUT2D eigenvalue weighted by atomic mass is 9.93. The van der Waals surface area contributed by atoms with Gasteiger partial charge in [0, 0.05) is 43.7 Å². The van der Waals surface area contributed by atoms with E-state index < -0.39 is 30.4 Å². The van der Waals surface area contributed by atoms with Crippen LogP contribution >= 0.6 is 7.14 Å². The highest BCUT2D eigenvalue weighted by atomic mass is 31.2. The fourth-order valence-corrected chi connectivity index (χ4v) is 10.7. The van der Waals surface area contributed by atoms with Gasteiger partial charge >= 0.3 is 0 Å². The van der Waals surface area contributed by atoms with Gasteiger partial charge in [0.15, 0.2) is 24.6 Å². The van der Waals surface area contributed by atoms with Crippen LogP contribution in [0.5, 0.6) is 0 Å². The van der Waals surface area contributed by atoms with Gasteiger partial charge in [-0.3, -0.25) is 0 Å². The molecule has 9 heteroatoms. The summed E-state index contributed by atoms with van der Waals surface area (Å²) < 4.78 is 74.6. The second kappa shape index (κ2) is 16.8. The van der Waals surface area contributed by atoms with Crippen molar-refractivity contribution in [3.63, 3.8) is 0 Å². The molecule has 308 valence electrons. The van der Waals surface area contributed by atoms with Crippen LogP contribution in [0.1, 0.15) is 0 Å². The smallest absolute Gasteiger partial charge is 0.171 e. The molecule has 0 saturated heterocycles. The monoisotopic (exact) mass is 859 g/mol. The molecule has 10 aromatic rings. The molecule has 0 atom stereocenters. The molecule has 0 aliphatic rings. The standard InChI is InChI=1S/C55H34F4N3OP/c56-40-25-19-38(20-26-40)53-60-54(39-21-27-41(57)28-22-39)62-55(61-53)48-32-31-45(46-13-7-8-14-47(46)48)35-15-17-36(18-16-35)49-33-52(59)50(34-51(49)58)37-23-29-44(30-24-37)64(63,42-9-3-1-4-10-42)43-11-5-2-6-12-43/h1-34H. The van der Waals surface area contributed by atoms with Crippen molar-refractivity contribution < 1.29 is 22.1 Å². The first kappa shape index (κ1) is 40.3. The summed E-state index contributed by atoms with van der Waals surface area (Å²) >= 11 is 0. The summed E-state index contributed by atoms with van der Waals surface area (Å²) in [6, 6.07) is 58.6. The molecule has 0 fully saturated rings. The van der Waals surface area contributed by atoms with Gasteiger partial charge < -0.3 is 4.57 Å². The number of fused-ring (bicyclic) bond motifs is 1. The zero-order valence-electron chi connectivity index (χ0n) is 33.8. The van der Waals surface area contributed by atoms with Crippen LogP contribution < -0.4 is 15.9 Å². The van der Waals surface area contributed by atoms with Gasteiger partial charge in [0.25, 0.3) is 0 Å². The fourth-order valence-electron chi connectivity index (χ4n) is 8.09. The van der Waals surface area contributed by atoms with E-state index in [-0.39, 0.29) is 11.1 Å². The predicted octanol–water partition coefficient (Wildman–Crippen LogP) is 13.2. The summed E-state index contributed by atoms with van der Waals surface area (Å²) in [7, 11) is -3.24. The minimum Gasteiger partial charge on any atom is -0.309 e. The Kier molecular flexibility index (Phi) is 10.6. The molecule has 9 aromatic carbocycles. The van der Waals surface area contributed by atoms with E-state index in [0.29, 0.717) is 55.6 Å². The van der Waals surface area contributed by atoms with Gasteiger partial charge in [0.2, 0.25) is 0 Å². The van der Waals surface area contributed by atoms with Crippen molar-refractivity contribution in [1.29, 1.82) is 0 Å². The molecule has 10 rings (SSSR count). The Morgan fingerprint density at radius 1 is 0.312 bits per heavy atom. The highest BCUT2D eigenvalue weighted by Gasteiger charge is 2.29. The molecular weight excluding hydrogens is 826 g/mol. The third-order valence-corrected chi connectivity index (χ3v) is 14.4. The molecule has 0 amide bonds. The molecular formula is C55H34F4N3OP. The van der Waals surface area contributed by atoms with Crippen molar-refractivity contribution in [3.8, 4) is 67.5 Å². The Morgan fingerprint density at radius 3 is 1.12 bits per heavy atom. The third kappa shape index (κ3) is 7.59. The third-order valence-electron chi connectivity index (χ3n) is 11.4. The summed E-state index contributed by atoms with van der Waals surface area (Å²) in [4.78, 5) is 14.3. The van der Waals surface area contributed by atoms with Crippen molar-refractivity contribution in [2.75, 3.05) is 0 Å². The van der Waals surface area contributed by atoms with Crippen LogP contribution in [0.25, 0.3) is 78.3 Å². The van der Waals surface area contributed by atoms with Gasteiger partial charge in [-0.1, -0.05) is 140 Å². The van der Waals surface area contributed by atoms with Crippen LogP contribution in [0.15, 0.2) is 206 Å². The van der Waals surface area contributed by atoms with Crippen molar-refractivity contribution in [3.05, 3.63) is 230 Å². The second-order valence-corrected chi connectivity index (χ2v) is 18.0. The van der Waals surface area contributed by atoms with Gasteiger partial charge in [-0.15, -0.1) is 0 Å². The highest BCUT2D eigenvalue weighted by Crippen LogP contribution is 2.43. The number of nitrogens with zero attached hydrogens (tertiary/aromatic N) is 3. The number of aromatic nitrogens is 3. The summed E-state index contributed by atoms with van der Waals surface area (Å²) in [5.41, 5.74) is 4.81. The van der Waals surface area contributed by atoms with E-state index in [1.54, 1.807) is 60.7 Å². The van der Waals surface area contributed by atoms with E-state index in [1.165, 1.54) is 36.4 Å². The van der Waals surface area contributed by atoms with Gasteiger partial charge in [-0.25, -0.2) is 32.5 Å². The largest absolute Gasteiger partial charge is 0.309 e. The lowest BCUT2D eigenvalue weighted by Gasteiger charge is -2.20. The highest BCUT2D eigenvalue weighted by molar-refractivity contribution is 7.85. The van der Waals surface area contributed by atoms with Crippen LogP contribution in [0.4, 0.5) is 17.6 Å². The van der Waals surface area contributed by atoms with Crippen molar-refractivity contribution in [2.45, 2.75) is 0 Å². The van der Waals surface area contributed by atoms with Crippen molar-refractivity contribution >= 4 is 33.8 Å². The summed E-state index contributed by atoms with van der Waals surface area (Å²) in [6.45, 7) is 0. The lowest BCUT2D eigenvalue weighted by Crippen LogP contribution is -2.24. The van der Waals surface area contributed by atoms with Crippen LogP contribution in [-0.4, -0.2) is 15.0 Å². The second-order valence-electron chi connectivity index (χ2n) is 15.2. The Labute approximate surface area is 366 Å². The van der Waals surface area contributed by atoms with Crippen LogP contribution in [0.2, 0.25) is 0 Å². The Bertz CT molecular complexity index is 3260. The number of hydrogen-bond donors (Lipinski definition) is 0. The van der Waals surface area contributed by atoms with E-state index in [4.69, 9.17) is 9.97 Å². The first-order valence-corrected chi connectivity index (χ1v) is 22.2. The maximum atomic E-state index is 16.0. The van der Waals surface area contributed by atoms with Gasteiger partial charge in [0.05, 0.1) is 0 Å². The Morgan fingerprint density at radius 2 is 0.656 bits per heavy atom. The van der Waals surface area contributed by atoms with Gasteiger partial charge in [-0.05, 0) is 99.8 Å². The molecule has 64 heavy (non-hydrogen) atoms. The summed E-state index contributed by atoms with van der Waals surface area (Å²) in [6.07, 6.45) is 0. The molecule has 0 bridgehead atoms. The van der Waals surface area contributed by atoms with E-state index in [1.807, 2.05) is 109 Å². The minimum atomic E-state index is -3.24. The Balaban J connectivity index is 0.964.